The van der Waals surface area contributed by atoms with Crippen LogP contribution in [0.2, 0.25) is 5.02 Å². The van der Waals surface area contributed by atoms with Gasteiger partial charge in [-0.15, -0.1) is 0 Å². The average molecular weight is 429 g/mol. The number of ether oxygens (including phenoxy) is 1. The van der Waals surface area contributed by atoms with E-state index in [1.54, 1.807) is 12.1 Å². The van der Waals surface area contributed by atoms with Gasteiger partial charge in [-0.05, 0) is 55.3 Å². The van der Waals surface area contributed by atoms with Crippen LogP contribution in [0.5, 0.6) is 0 Å². The van der Waals surface area contributed by atoms with Gasteiger partial charge in [0.2, 0.25) is 0 Å². The largest absolute Gasteiger partial charge is 0.378 e. The lowest BCUT2D eigenvalue weighted by Crippen LogP contribution is -2.40. The predicted molar refractivity (Wildman–Crippen MR) is 115 cm³/mol. The van der Waals surface area contributed by atoms with Crippen LogP contribution in [0.4, 0.5) is 5.69 Å². The molecule has 0 unspecified atom stereocenters. The fourth-order valence-corrected chi connectivity index (χ4v) is 4.58. The Balaban J connectivity index is 1.76. The number of halogens is 1. The second-order valence-electron chi connectivity index (χ2n) is 7.07. The molecule has 2 heterocycles. The number of carbonyl (C=O) groups excluding carboxylic acids is 2. The highest BCUT2D eigenvalue weighted by molar-refractivity contribution is 8.04. The summed E-state index contributed by atoms with van der Waals surface area (Å²) in [5, 5.41) is 0.627. The third-order valence-electron chi connectivity index (χ3n) is 4.98. The summed E-state index contributed by atoms with van der Waals surface area (Å²) in [6, 6.07) is 13.1. The fourth-order valence-electron chi connectivity index (χ4n) is 3.46. The van der Waals surface area contributed by atoms with Gasteiger partial charge in [0.15, 0.2) is 0 Å². The number of thioether (sulfide) groups is 1. The number of aryl methyl sites for hydroxylation is 2. The lowest BCUT2D eigenvalue weighted by molar-refractivity contribution is -0.121. The van der Waals surface area contributed by atoms with Crippen molar-refractivity contribution >= 4 is 40.9 Å². The van der Waals surface area contributed by atoms with Gasteiger partial charge in [-0.25, -0.2) is 4.90 Å². The quantitative estimate of drug-likeness (QED) is 0.684. The van der Waals surface area contributed by atoms with E-state index in [0.717, 1.165) is 16.0 Å². The molecule has 4 rings (SSSR count). The summed E-state index contributed by atoms with van der Waals surface area (Å²) >= 11 is 7.30. The van der Waals surface area contributed by atoms with Crippen LogP contribution in [0.15, 0.2) is 58.0 Å². The van der Waals surface area contributed by atoms with Crippen molar-refractivity contribution in [1.29, 1.82) is 0 Å². The standard InChI is InChI=1S/C22H21ClN2O3S/c1-14-3-4-15(2)18(13-14)25-21(26)19(24-9-11-28-12-10-24)20(22(25)27)29-17-7-5-16(23)6-8-17/h3-8,13H,9-12H2,1-2H3. The Morgan fingerprint density at radius 3 is 2.34 bits per heavy atom. The number of hydrogen-bond acceptors (Lipinski definition) is 5. The number of benzene rings is 2. The molecule has 2 aliphatic heterocycles. The maximum atomic E-state index is 13.5. The third kappa shape index (κ3) is 3.92. The first kappa shape index (κ1) is 20.0. The first-order chi connectivity index (χ1) is 14.0. The smallest absolute Gasteiger partial charge is 0.283 e. The number of hydrogen-bond donors (Lipinski definition) is 0. The van der Waals surface area contributed by atoms with E-state index in [0.29, 0.717) is 47.6 Å². The Kier molecular flexibility index (Phi) is 5.67. The maximum absolute atomic E-state index is 13.5. The molecule has 2 amide bonds. The van der Waals surface area contributed by atoms with E-state index in [4.69, 9.17) is 16.3 Å². The molecule has 0 aliphatic carbocycles. The molecule has 0 bridgehead atoms. The van der Waals surface area contributed by atoms with Gasteiger partial charge in [-0.3, -0.25) is 9.59 Å². The van der Waals surface area contributed by atoms with Gasteiger partial charge in [0.05, 0.1) is 18.9 Å². The van der Waals surface area contributed by atoms with E-state index in [-0.39, 0.29) is 11.8 Å². The van der Waals surface area contributed by atoms with E-state index >= 15 is 0 Å². The SMILES string of the molecule is Cc1ccc(C)c(N2C(=O)C(Sc3ccc(Cl)cc3)=C(N3CCOCC3)C2=O)c1. The van der Waals surface area contributed by atoms with Crippen molar-refractivity contribution in [2.24, 2.45) is 0 Å². The summed E-state index contributed by atoms with van der Waals surface area (Å²) in [7, 11) is 0. The molecule has 2 aromatic carbocycles. The van der Waals surface area contributed by atoms with Crippen LogP contribution in [-0.4, -0.2) is 43.0 Å². The van der Waals surface area contributed by atoms with Crippen molar-refractivity contribution in [3.8, 4) is 0 Å². The molecule has 7 heteroatoms. The van der Waals surface area contributed by atoms with Crippen LogP contribution in [0, 0.1) is 13.8 Å². The molecule has 0 radical (unpaired) electrons. The lowest BCUT2D eigenvalue weighted by Gasteiger charge is -2.29. The molecular weight excluding hydrogens is 408 g/mol. The topological polar surface area (TPSA) is 49.9 Å². The van der Waals surface area contributed by atoms with E-state index < -0.39 is 0 Å². The molecule has 2 aliphatic rings. The Hall–Kier alpha value is -2.28. The zero-order valence-electron chi connectivity index (χ0n) is 16.3. The van der Waals surface area contributed by atoms with Crippen LogP contribution in [-0.2, 0) is 14.3 Å². The molecule has 0 atom stereocenters. The number of rotatable bonds is 4. The average Bonchev–Trinajstić information content (AvgIpc) is 2.96. The van der Waals surface area contributed by atoms with Crippen LogP contribution < -0.4 is 4.90 Å². The van der Waals surface area contributed by atoms with E-state index in [2.05, 4.69) is 0 Å². The highest BCUT2D eigenvalue weighted by atomic mass is 35.5. The monoisotopic (exact) mass is 428 g/mol. The summed E-state index contributed by atoms with van der Waals surface area (Å²) in [4.78, 5) is 31.5. The number of imide groups is 1. The molecule has 0 saturated carbocycles. The Bertz CT molecular complexity index is 998. The minimum absolute atomic E-state index is 0.276. The third-order valence-corrected chi connectivity index (χ3v) is 6.32. The van der Waals surface area contributed by atoms with Gasteiger partial charge >= 0.3 is 0 Å². The first-order valence-corrected chi connectivity index (χ1v) is 10.6. The van der Waals surface area contributed by atoms with Gasteiger partial charge in [0, 0.05) is 23.0 Å². The number of morpholine rings is 1. The number of nitrogens with zero attached hydrogens (tertiary/aromatic N) is 2. The summed E-state index contributed by atoms with van der Waals surface area (Å²) in [5.41, 5.74) is 2.98. The van der Waals surface area contributed by atoms with Gasteiger partial charge in [-0.2, -0.15) is 0 Å². The van der Waals surface area contributed by atoms with Crippen molar-refractivity contribution in [3.05, 3.63) is 69.2 Å². The Labute approximate surface area is 179 Å². The summed E-state index contributed by atoms with van der Waals surface area (Å²) < 4.78 is 5.44. The second kappa shape index (κ2) is 8.22. The zero-order valence-corrected chi connectivity index (χ0v) is 17.8. The van der Waals surface area contributed by atoms with Crippen molar-refractivity contribution < 1.29 is 14.3 Å². The number of carbonyl (C=O) groups is 2. The molecule has 29 heavy (non-hydrogen) atoms. The van der Waals surface area contributed by atoms with E-state index in [1.165, 1.54) is 16.7 Å². The van der Waals surface area contributed by atoms with Crippen LogP contribution in [0.1, 0.15) is 11.1 Å². The van der Waals surface area contributed by atoms with Gasteiger partial charge < -0.3 is 9.64 Å². The first-order valence-electron chi connectivity index (χ1n) is 9.42. The molecule has 150 valence electrons. The molecule has 0 spiro atoms. The molecule has 5 nitrogen and oxygen atoms in total. The van der Waals surface area contributed by atoms with Crippen LogP contribution in [0.25, 0.3) is 0 Å². The van der Waals surface area contributed by atoms with Gasteiger partial charge in [-0.1, -0.05) is 35.5 Å². The summed E-state index contributed by atoms with van der Waals surface area (Å²) in [6.45, 7) is 6.10. The van der Waals surface area contributed by atoms with Crippen molar-refractivity contribution in [2.75, 3.05) is 31.2 Å². The maximum Gasteiger partial charge on any atom is 0.283 e. The molecule has 0 aromatic heterocycles. The lowest BCUT2D eigenvalue weighted by atomic mass is 10.1. The highest BCUT2D eigenvalue weighted by Gasteiger charge is 2.43. The molecule has 0 N–H and O–H groups in total. The summed E-state index contributed by atoms with van der Waals surface area (Å²) in [6.07, 6.45) is 0. The van der Waals surface area contributed by atoms with E-state index in [9.17, 15) is 9.59 Å². The van der Waals surface area contributed by atoms with Crippen molar-refractivity contribution in [2.45, 2.75) is 18.7 Å². The minimum atomic E-state index is -0.287. The van der Waals surface area contributed by atoms with Gasteiger partial charge in [0.1, 0.15) is 10.6 Å². The van der Waals surface area contributed by atoms with Crippen LogP contribution in [0.3, 0.4) is 0 Å². The normalized spacial score (nSPS) is 17.5. The molecular formula is C22H21ClN2O3S. The van der Waals surface area contributed by atoms with Gasteiger partial charge in [0.25, 0.3) is 11.8 Å². The Morgan fingerprint density at radius 1 is 0.966 bits per heavy atom. The minimum Gasteiger partial charge on any atom is -0.378 e. The molecule has 1 fully saturated rings. The fraction of sp³-hybridized carbons (Fsp3) is 0.273. The second-order valence-corrected chi connectivity index (χ2v) is 8.59. The number of amides is 2. The number of anilines is 1. The molecule has 1 saturated heterocycles. The summed E-state index contributed by atoms with van der Waals surface area (Å²) in [5.74, 6) is -0.563. The van der Waals surface area contributed by atoms with Crippen molar-refractivity contribution in [1.82, 2.24) is 4.90 Å². The molecule has 2 aromatic rings. The Morgan fingerprint density at radius 2 is 1.66 bits per heavy atom. The van der Waals surface area contributed by atoms with Crippen LogP contribution >= 0.6 is 23.4 Å². The van der Waals surface area contributed by atoms with E-state index in [1.807, 2.05) is 49.1 Å². The highest BCUT2D eigenvalue weighted by Crippen LogP contribution is 2.40. The predicted octanol–water partition coefficient (Wildman–Crippen LogP) is 4.17. The van der Waals surface area contributed by atoms with Crippen molar-refractivity contribution in [3.63, 3.8) is 0 Å². The zero-order chi connectivity index (χ0) is 20.5.